The van der Waals surface area contributed by atoms with Crippen molar-refractivity contribution in [2.24, 2.45) is 5.92 Å². The van der Waals surface area contributed by atoms with Crippen LogP contribution in [0.1, 0.15) is 30.9 Å². The average Bonchev–Trinajstić information content (AvgIpc) is 2.63. The van der Waals surface area contributed by atoms with Crippen LogP contribution in [-0.2, 0) is 17.8 Å². The van der Waals surface area contributed by atoms with Gasteiger partial charge in [-0.2, -0.15) is 0 Å². The molecule has 3 rings (SSSR count). The highest BCUT2D eigenvalue weighted by molar-refractivity contribution is 5.23. The lowest BCUT2D eigenvalue weighted by Gasteiger charge is -2.37. The number of morpholine rings is 1. The van der Waals surface area contributed by atoms with Crippen LogP contribution in [0.4, 0.5) is 0 Å². The smallest absolute Gasteiger partial charge is 0.0594 e. The fourth-order valence-electron chi connectivity index (χ4n) is 4.12. The summed E-state index contributed by atoms with van der Waals surface area (Å²) in [4.78, 5) is 7.50. The van der Waals surface area contributed by atoms with E-state index in [1.165, 1.54) is 37.1 Å². The molecule has 4 nitrogen and oxygen atoms in total. The minimum atomic E-state index is 0.694. The molecule has 2 saturated heterocycles. The Morgan fingerprint density at radius 3 is 2.12 bits per heavy atom. The summed E-state index contributed by atoms with van der Waals surface area (Å²) in [5.74, 6) is 0.846. The first-order valence-corrected chi connectivity index (χ1v) is 9.88. The van der Waals surface area contributed by atoms with E-state index in [9.17, 15) is 0 Å². The Morgan fingerprint density at radius 2 is 1.56 bits per heavy atom. The van der Waals surface area contributed by atoms with Crippen LogP contribution in [0.3, 0.4) is 0 Å². The number of nitrogens with zero attached hydrogens (tertiary/aromatic N) is 3. The van der Waals surface area contributed by atoms with Crippen molar-refractivity contribution in [2.45, 2.75) is 38.9 Å². The van der Waals surface area contributed by atoms with Crippen molar-refractivity contribution in [1.82, 2.24) is 14.7 Å². The Labute approximate surface area is 153 Å². The molecule has 0 saturated carbocycles. The molecule has 2 aliphatic rings. The number of hydrogen-bond donors (Lipinski definition) is 0. The third-order valence-corrected chi connectivity index (χ3v) is 6.04. The lowest BCUT2D eigenvalue weighted by atomic mass is 9.89. The number of ether oxygens (including phenoxy) is 1. The van der Waals surface area contributed by atoms with E-state index >= 15 is 0 Å². The van der Waals surface area contributed by atoms with Crippen LogP contribution in [0, 0.1) is 5.92 Å². The minimum absolute atomic E-state index is 0.694. The topological polar surface area (TPSA) is 19.0 Å². The highest BCUT2D eigenvalue weighted by Crippen LogP contribution is 2.24. The summed E-state index contributed by atoms with van der Waals surface area (Å²) in [6.45, 7) is 10.9. The summed E-state index contributed by atoms with van der Waals surface area (Å²) < 4.78 is 5.45. The van der Waals surface area contributed by atoms with Crippen LogP contribution in [0.2, 0.25) is 0 Å². The highest BCUT2D eigenvalue weighted by atomic mass is 16.5. The molecule has 0 radical (unpaired) electrons. The third kappa shape index (κ3) is 5.52. The van der Waals surface area contributed by atoms with E-state index in [1.54, 1.807) is 0 Å². The molecule has 1 atom stereocenters. The van der Waals surface area contributed by atoms with Crippen molar-refractivity contribution in [3.05, 3.63) is 35.4 Å². The maximum absolute atomic E-state index is 5.45. The van der Waals surface area contributed by atoms with Crippen LogP contribution in [0.5, 0.6) is 0 Å². The number of rotatable bonds is 6. The summed E-state index contributed by atoms with van der Waals surface area (Å²) in [5, 5.41) is 0. The molecule has 2 aliphatic heterocycles. The standard InChI is InChI=1S/C21H35N3O/c1-18(22(2)3)21-7-9-23(10-8-21)16-19-5-4-6-20(15-19)17-24-11-13-25-14-12-24/h4-6,15,18,21H,7-14,16-17H2,1-3H3/t18-/m0/s1. The van der Waals surface area contributed by atoms with Gasteiger partial charge in [-0.3, -0.25) is 9.80 Å². The molecule has 2 fully saturated rings. The second-order valence-electron chi connectivity index (χ2n) is 8.03. The van der Waals surface area contributed by atoms with Gasteiger partial charge in [0, 0.05) is 32.2 Å². The molecule has 0 aromatic heterocycles. The molecule has 140 valence electrons. The van der Waals surface area contributed by atoms with E-state index < -0.39 is 0 Å². The average molecular weight is 346 g/mol. The molecule has 25 heavy (non-hydrogen) atoms. The van der Waals surface area contributed by atoms with E-state index in [-0.39, 0.29) is 0 Å². The third-order valence-electron chi connectivity index (χ3n) is 6.04. The molecule has 0 N–H and O–H groups in total. The minimum Gasteiger partial charge on any atom is -0.379 e. The van der Waals surface area contributed by atoms with Gasteiger partial charge in [-0.25, -0.2) is 0 Å². The summed E-state index contributed by atoms with van der Waals surface area (Å²) >= 11 is 0. The fourth-order valence-corrected chi connectivity index (χ4v) is 4.12. The zero-order chi connectivity index (χ0) is 17.6. The summed E-state index contributed by atoms with van der Waals surface area (Å²) in [6.07, 6.45) is 2.65. The largest absolute Gasteiger partial charge is 0.379 e. The number of benzene rings is 1. The van der Waals surface area contributed by atoms with Crippen molar-refractivity contribution in [1.29, 1.82) is 0 Å². The Bertz CT molecular complexity index is 520. The molecule has 0 aliphatic carbocycles. The van der Waals surface area contributed by atoms with Crippen molar-refractivity contribution in [2.75, 3.05) is 53.5 Å². The first kappa shape index (κ1) is 18.8. The molecule has 4 heteroatoms. The van der Waals surface area contributed by atoms with Gasteiger partial charge < -0.3 is 9.64 Å². The van der Waals surface area contributed by atoms with Crippen LogP contribution in [0.15, 0.2) is 24.3 Å². The zero-order valence-corrected chi connectivity index (χ0v) is 16.3. The molecule has 0 bridgehead atoms. The van der Waals surface area contributed by atoms with E-state index in [0.29, 0.717) is 6.04 Å². The Morgan fingerprint density at radius 1 is 1.00 bits per heavy atom. The molecule has 0 amide bonds. The molecular weight excluding hydrogens is 310 g/mol. The van der Waals surface area contributed by atoms with Gasteiger partial charge in [0.2, 0.25) is 0 Å². The van der Waals surface area contributed by atoms with Gasteiger partial charge in [-0.1, -0.05) is 24.3 Å². The maximum Gasteiger partial charge on any atom is 0.0594 e. The van der Waals surface area contributed by atoms with Gasteiger partial charge in [-0.05, 0) is 64.0 Å². The molecule has 0 unspecified atom stereocenters. The fraction of sp³-hybridized carbons (Fsp3) is 0.714. The number of piperidine rings is 1. The second-order valence-corrected chi connectivity index (χ2v) is 8.03. The van der Waals surface area contributed by atoms with Gasteiger partial charge in [0.25, 0.3) is 0 Å². The Kier molecular flexibility index (Phi) is 6.88. The van der Waals surface area contributed by atoms with Crippen molar-refractivity contribution in [3.8, 4) is 0 Å². The van der Waals surface area contributed by atoms with Crippen LogP contribution >= 0.6 is 0 Å². The highest BCUT2D eigenvalue weighted by Gasteiger charge is 2.24. The second kappa shape index (κ2) is 9.13. The first-order chi connectivity index (χ1) is 12.1. The lowest BCUT2D eigenvalue weighted by molar-refractivity contribution is 0.0342. The van der Waals surface area contributed by atoms with Gasteiger partial charge in [0.15, 0.2) is 0 Å². The first-order valence-electron chi connectivity index (χ1n) is 9.88. The Balaban J connectivity index is 1.49. The van der Waals surface area contributed by atoms with Gasteiger partial charge >= 0.3 is 0 Å². The van der Waals surface area contributed by atoms with Crippen LogP contribution in [-0.4, -0.2) is 74.2 Å². The normalized spacial score (nSPS) is 22.4. The van der Waals surface area contributed by atoms with Gasteiger partial charge in [-0.15, -0.1) is 0 Å². The quantitative estimate of drug-likeness (QED) is 0.789. The summed E-state index contributed by atoms with van der Waals surface area (Å²) in [6, 6.07) is 9.89. The van der Waals surface area contributed by atoms with E-state index in [1.807, 2.05) is 0 Å². The maximum atomic E-state index is 5.45. The lowest BCUT2D eigenvalue weighted by Crippen LogP contribution is -2.41. The van der Waals surface area contributed by atoms with Crippen molar-refractivity contribution >= 4 is 0 Å². The van der Waals surface area contributed by atoms with Gasteiger partial charge in [0.05, 0.1) is 13.2 Å². The zero-order valence-electron chi connectivity index (χ0n) is 16.3. The molecule has 0 spiro atoms. The molecule has 1 aromatic rings. The number of hydrogen-bond acceptors (Lipinski definition) is 4. The van der Waals surface area contributed by atoms with Crippen LogP contribution < -0.4 is 0 Å². The van der Waals surface area contributed by atoms with Gasteiger partial charge in [0.1, 0.15) is 0 Å². The van der Waals surface area contributed by atoms with E-state index in [4.69, 9.17) is 4.74 Å². The predicted octanol–water partition coefficient (Wildman–Crippen LogP) is 2.68. The predicted molar refractivity (Wildman–Crippen MR) is 104 cm³/mol. The van der Waals surface area contributed by atoms with E-state index in [2.05, 4.69) is 60.0 Å². The molecular formula is C21H35N3O. The SMILES string of the molecule is C[C@@H](C1CCN(Cc2cccc(CN3CCOCC3)c2)CC1)N(C)C. The monoisotopic (exact) mass is 345 g/mol. The Hall–Kier alpha value is -0.940. The summed E-state index contributed by atoms with van der Waals surface area (Å²) in [7, 11) is 4.41. The van der Waals surface area contributed by atoms with E-state index in [0.717, 1.165) is 45.3 Å². The van der Waals surface area contributed by atoms with Crippen molar-refractivity contribution < 1.29 is 4.74 Å². The molecule has 2 heterocycles. The number of likely N-dealkylation sites (tertiary alicyclic amines) is 1. The van der Waals surface area contributed by atoms with Crippen LogP contribution in [0.25, 0.3) is 0 Å². The molecule has 1 aromatic carbocycles. The van der Waals surface area contributed by atoms with Crippen molar-refractivity contribution in [3.63, 3.8) is 0 Å². The summed E-state index contributed by atoms with van der Waals surface area (Å²) in [5.41, 5.74) is 2.90.